The Hall–Kier alpha value is -6.34. The van der Waals surface area contributed by atoms with E-state index in [2.05, 4.69) is 30.9 Å². The fourth-order valence-corrected chi connectivity index (χ4v) is 11.3. The molecule has 0 fully saturated rings. The molecule has 0 aliphatic carbocycles. The highest BCUT2D eigenvalue weighted by Gasteiger charge is 2.31. The Morgan fingerprint density at radius 3 is 1.55 bits per heavy atom. The lowest BCUT2D eigenvalue weighted by Crippen LogP contribution is -2.15. The smallest absolute Gasteiger partial charge is 0.416 e. The third-order valence-electron chi connectivity index (χ3n) is 10.4. The van der Waals surface area contributed by atoms with Gasteiger partial charge in [-0.1, -0.05) is 86.5 Å². The van der Waals surface area contributed by atoms with E-state index >= 15 is 0 Å². The zero-order chi connectivity index (χ0) is 54.8. The minimum absolute atomic E-state index is 0.0427. The second-order valence-electron chi connectivity index (χ2n) is 16.6. The maximum Gasteiger partial charge on any atom is 0.416 e. The third kappa shape index (κ3) is 13.9. The summed E-state index contributed by atoms with van der Waals surface area (Å²) in [5.74, 6) is -2.39. The topological polar surface area (TPSA) is 224 Å². The summed E-state index contributed by atoms with van der Waals surface area (Å²) in [6, 6.07) is 22.1. The number of alkyl halides is 3. The number of carbonyl (C=O) groups is 3. The zero-order valence-corrected chi connectivity index (χ0v) is 45.6. The molecule has 6 aromatic carbocycles. The molecular formula is C49H38Cl4F3N7O8S4. The first-order valence-corrected chi connectivity index (χ1v) is 27.2. The van der Waals surface area contributed by atoms with Crippen molar-refractivity contribution in [1.82, 2.24) is 19.9 Å². The number of anilines is 3. The van der Waals surface area contributed by atoms with Crippen LogP contribution in [0.5, 0.6) is 17.2 Å². The molecule has 26 heteroatoms. The van der Waals surface area contributed by atoms with Crippen LogP contribution >= 0.6 is 80.4 Å². The Morgan fingerprint density at radius 1 is 0.600 bits per heavy atom. The molecule has 0 saturated carbocycles. The van der Waals surface area contributed by atoms with E-state index in [9.17, 15) is 51.3 Å². The lowest BCUT2D eigenvalue weighted by Gasteiger charge is -2.14. The molecule has 6 N–H and O–H groups in total. The van der Waals surface area contributed by atoms with Crippen molar-refractivity contribution in [3.05, 3.63) is 150 Å². The van der Waals surface area contributed by atoms with Gasteiger partial charge in [-0.05, 0) is 124 Å². The summed E-state index contributed by atoms with van der Waals surface area (Å²) >= 11 is 27.0. The summed E-state index contributed by atoms with van der Waals surface area (Å²) in [7, 11) is 0.434. The number of hydrogen-bond donors (Lipinski definition) is 6. The van der Waals surface area contributed by atoms with E-state index in [1.54, 1.807) is 25.1 Å². The lowest BCUT2D eigenvalue weighted by molar-refractivity contribution is -0.137. The molecule has 0 unspecified atom stereocenters. The zero-order valence-electron chi connectivity index (χ0n) is 39.3. The van der Waals surface area contributed by atoms with Crippen LogP contribution in [0.1, 0.15) is 53.3 Å². The first kappa shape index (κ1) is 56.4. The van der Waals surface area contributed by atoms with E-state index in [1.165, 1.54) is 53.8 Å². The fourth-order valence-electron chi connectivity index (χ4n) is 6.86. The number of aryl methyl sites for hydroxylation is 2. The maximum absolute atomic E-state index is 12.7. The number of aromatic nitrogens is 3. The van der Waals surface area contributed by atoms with Crippen LogP contribution < -0.4 is 16.0 Å². The molecule has 3 aromatic heterocycles. The summed E-state index contributed by atoms with van der Waals surface area (Å²) in [6.07, 6.45) is -3.34. The summed E-state index contributed by atoms with van der Waals surface area (Å²) in [5, 5.41) is 39.7. The summed E-state index contributed by atoms with van der Waals surface area (Å²) in [6.45, 7) is 4.13. The number of carbonyl (C=O) groups excluding carboxylic acids is 3. The van der Waals surface area contributed by atoms with Crippen LogP contribution in [-0.4, -0.2) is 81.7 Å². The Bertz CT molecular complexity index is 3830. The van der Waals surface area contributed by atoms with Gasteiger partial charge in [0.1, 0.15) is 17.2 Å². The molecule has 15 nitrogen and oxygen atoms in total. The van der Waals surface area contributed by atoms with Gasteiger partial charge in [0.2, 0.25) is 0 Å². The molecule has 0 atom stereocenters. The molecule has 0 aliphatic heterocycles. The molecule has 0 bridgehead atoms. The largest absolute Gasteiger partial charge is 0.507 e. The first-order valence-electron chi connectivity index (χ1n) is 21.4. The number of nitrogens with one attached hydrogen (secondary N) is 3. The highest BCUT2D eigenvalue weighted by atomic mass is 35.5. The number of halogens is 7. The maximum atomic E-state index is 12.7. The van der Waals surface area contributed by atoms with Crippen LogP contribution in [-0.2, 0) is 22.6 Å². The number of amides is 3. The minimum atomic E-state index is -4.47. The van der Waals surface area contributed by atoms with E-state index < -0.39 is 45.0 Å². The van der Waals surface area contributed by atoms with Gasteiger partial charge in [0.25, 0.3) is 17.7 Å². The van der Waals surface area contributed by atoms with Crippen molar-refractivity contribution >= 4 is 154 Å². The SMILES string of the molecule is Cc1cc(Cl)cc(C(=O)Nc2nc3ccc(S(C)(=O)=O)cc3s2)c1O.Cc1ccc2nc(NC(=O)c3cc(Cl)cc(CN(C)C)c3O)sc2c1.O=C(Nc1nc2ccc(C(F)(F)F)cc2s1)c1cc(Cl)cc(Cl)c1O. The third-order valence-corrected chi connectivity index (χ3v) is 15.2. The number of rotatable bonds is 9. The Labute approximate surface area is 457 Å². The molecule has 0 spiro atoms. The van der Waals surface area contributed by atoms with Crippen LogP contribution in [0.15, 0.2) is 95.9 Å². The van der Waals surface area contributed by atoms with Crippen molar-refractivity contribution in [2.75, 3.05) is 36.3 Å². The second-order valence-corrected chi connectivity index (χ2v) is 23.4. The molecular weight excluding hydrogens is 1140 g/mol. The average Bonchev–Trinajstić information content (AvgIpc) is 4.04. The predicted octanol–water partition coefficient (Wildman–Crippen LogP) is 13.5. The van der Waals surface area contributed by atoms with Gasteiger partial charge in [0.15, 0.2) is 25.2 Å². The molecule has 3 amide bonds. The fraction of sp³-hybridized carbons (Fsp3) is 0.143. The normalized spacial score (nSPS) is 11.5. The predicted molar refractivity (Wildman–Crippen MR) is 292 cm³/mol. The number of sulfone groups is 1. The van der Waals surface area contributed by atoms with E-state index in [4.69, 9.17) is 46.4 Å². The van der Waals surface area contributed by atoms with Crippen molar-refractivity contribution in [2.45, 2.75) is 31.5 Å². The monoisotopic (exact) mass is 1180 g/mol. The van der Waals surface area contributed by atoms with Gasteiger partial charge in [-0.2, -0.15) is 13.2 Å². The van der Waals surface area contributed by atoms with Crippen LogP contribution in [0.25, 0.3) is 30.6 Å². The molecule has 9 rings (SSSR count). The number of aromatic hydroxyl groups is 3. The van der Waals surface area contributed by atoms with Crippen molar-refractivity contribution in [1.29, 1.82) is 0 Å². The van der Waals surface area contributed by atoms with Gasteiger partial charge in [0.05, 0.1) is 62.8 Å². The summed E-state index contributed by atoms with van der Waals surface area (Å²) in [4.78, 5) is 52.0. The van der Waals surface area contributed by atoms with Gasteiger partial charge in [-0.15, -0.1) is 0 Å². The highest BCUT2D eigenvalue weighted by Crippen LogP contribution is 2.37. The molecule has 390 valence electrons. The Balaban J connectivity index is 0.000000164. The van der Waals surface area contributed by atoms with Crippen molar-refractivity contribution in [3.63, 3.8) is 0 Å². The summed E-state index contributed by atoms with van der Waals surface area (Å²) < 4.78 is 63.3. The number of phenols is 3. The van der Waals surface area contributed by atoms with Crippen LogP contribution in [0.2, 0.25) is 20.1 Å². The molecule has 75 heavy (non-hydrogen) atoms. The van der Waals surface area contributed by atoms with Crippen LogP contribution in [0, 0.1) is 13.8 Å². The minimum Gasteiger partial charge on any atom is -0.507 e. The number of hydrogen-bond acceptors (Lipinski definition) is 15. The molecule has 0 radical (unpaired) electrons. The Kier molecular flexibility index (Phi) is 17.2. The van der Waals surface area contributed by atoms with E-state index in [0.29, 0.717) is 53.7 Å². The van der Waals surface area contributed by atoms with Crippen LogP contribution in [0.3, 0.4) is 0 Å². The second kappa shape index (κ2) is 22.9. The van der Waals surface area contributed by atoms with Crippen molar-refractivity contribution in [3.8, 4) is 17.2 Å². The average molecular weight is 1180 g/mol. The standard InChI is InChI=1S/C18H18ClN3O2S.C16H13ClN2O4S2.C15H7Cl2F3N2O2S/c1-10-4-5-14-15(6-10)25-18(20-14)21-17(24)13-8-12(19)7-11(16(13)23)9-22(2)3;1-8-5-9(17)6-11(14(8)20)15(21)19-16-18-12-4-3-10(25(2,22)23)7-13(12)24-16;16-7-4-8(12(23)9(17)5-7)13(24)22-14-21-10-2-1-6(15(18,19)20)3-11(10)25-14/h4-8,23H,9H2,1-3H3,(H,20,21,24);3-7,20H,1-2H3,(H,18,19,21);1-5,23H,(H,21,22,24). The van der Waals surface area contributed by atoms with Crippen molar-refractivity contribution < 1.29 is 51.3 Å². The van der Waals surface area contributed by atoms with Crippen LogP contribution in [0.4, 0.5) is 28.6 Å². The van der Waals surface area contributed by atoms with E-state index in [0.717, 1.165) is 56.8 Å². The number of benzene rings is 6. The number of fused-ring (bicyclic) bond motifs is 3. The van der Waals surface area contributed by atoms with E-state index in [-0.39, 0.29) is 53.0 Å². The number of nitrogens with zero attached hydrogens (tertiary/aromatic N) is 4. The Morgan fingerprint density at radius 2 is 1.04 bits per heavy atom. The molecule has 9 aromatic rings. The molecule has 0 aliphatic rings. The number of thiazole rings is 3. The van der Waals surface area contributed by atoms with Gasteiger partial charge < -0.3 is 20.2 Å². The summed E-state index contributed by atoms with van der Waals surface area (Å²) in [5.41, 5.74) is 3.13. The van der Waals surface area contributed by atoms with Gasteiger partial charge in [0, 0.05) is 33.4 Å². The highest BCUT2D eigenvalue weighted by molar-refractivity contribution is 7.90. The first-order chi connectivity index (χ1) is 35.1. The quantitative estimate of drug-likeness (QED) is 0.0794. The molecule has 3 heterocycles. The van der Waals surface area contributed by atoms with E-state index in [1.807, 2.05) is 44.1 Å². The lowest BCUT2D eigenvalue weighted by atomic mass is 10.1. The van der Waals surface area contributed by atoms with Gasteiger partial charge in [-0.25, -0.2) is 23.4 Å². The van der Waals surface area contributed by atoms with Gasteiger partial charge >= 0.3 is 6.18 Å². The molecule has 0 saturated heterocycles. The van der Waals surface area contributed by atoms with Gasteiger partial charge in [-0.3, -0.25) is 30.3 Å². The number of phenolic OH excluding ortho intramolecular Hbond substituents is 3. The van der Waals surface area contributed by atoms with Crippen molar-refractivity contribution in [2.24, 2.45) is 0 Å².